The molecule has 18 heavy (non-hydrogen) atoms. The number of halogens is 1. The van der Waals surface area contributed by atoms with Crippen molar-refractivity contribution in [2.75, 3.05) is 0 Å². The van der Waals surface area contributed by atoms with Crippen LogP contribution in [-0.2, 0) is 0 Å². The molecule has 0 spiro atoms. The fraction of sp³-hybridized carbons (Fsp3) is 0.250. The Hall–Kier alpha value is -1.67. The molecule has 0 fully saturated rings. The summed E-state index contributed by atoms with van der Waals surface area (Å²) in [6, 6.07) is 10.5. The molecule has 2 rings (SSSR count). The Morgan fingerprint density at radius 3 is 2.44 bits per heavy atom. The predicted molar refractivity (Wildman–Crippen MR) is 71.1 cm³/mol. The molecule has 0 saturated carbocycles. The molecular weight excluding hydrogens is 227 g/mol. The Kier molecular flexibility index (Phi) is 3.48. The van der Waals surface area contributed by atoms with Gasteiger partial charge < -0.3 is 5.11 Å². The van der Waals surface area contributed by atoms with Crippen LogP contribution in [0.4, 0.5) is 4.39 Å². The van der Waals surface area contributed by atoms with E-state index in [0.29, 0.717) is 5.56 Å². The standard InChI is InChI=1S/C16H17FO/c1-10-7-13(9-14(17)8-10)16(18)15-6-4-5-11(2)12(15)3/h4-9,16,18H,1-3H3. The van der Waals surface area contributed by atoms with Crippen molar-refractivity contribution >= 4 is 0 Å². The molecule has 0 aromatic heterocycles. The molecule has 1 atom stereocenters. The van der Waals surface area contributed by atoms with Crippen LogP contribution in [0.2, 0.25) is 0 Å². The van der Waals surface area contributed by atoms with E-state index in [9.17, 15) is 9.50 Å². The van der Waals surface area contributed by atoms with Crippen LogP contribution < -0.4 is 0 Å². The van der Waals surface area contributed by atoms with E-state index in [4.69, 9.17) is 0 Å². The molecule has 0 saturated heterocycles. The number of hydrogen-bond donors (Lipinski definition) is 1. The quantitative estimate of drug-likeness (QED) is 0.851. The second-order valence-corrected chi connectivity index (χ2v) is 4.75. The van der Waals surface area contributed by atoms with E-state index in [0.717, 1.165) is 22.3 Å². The number of aliphatic hydroxyl groups excluding tert-OH is 1. The molecular formula is C16H17FO. The summed E-state index contributed by atoms with van der Waals surface area (Å²) in [4.78, 5) is 0. The maximum atomic E-state index is 13.4. The van der Waals surface area contributed by atoms with Crippen LogP contribution in [0.3, 0.4) is 0 Å². The molecule has 0 radical (unpaired) electrons. The highest BCUT2D eigenvalue weighted by Gasteiger charge is 2.14. The van der Waals surface area contributed by atoms with E-state index in [-0.39, 0.29) is 5.82 Å². The van der Waals surface area contributed by atoms with Crippen molar-refractivity contribution in [3.8, 4) is 0 Å². The summed E-state index contributed by atoms with van der Waals surface area (Å²) in [5.74, 6) is -0.311. The van der Waals surface area contributed by atoms with Gasteiger partial charge in [-0.05, 0) is 60.7 Å². The maximum Gasteiger partial charge on any atom is 0.123 e. The average Bonchev–Trinajstić information content (AvgIpc) is 2.30. The molecule has 0 aliphatic rings. The molecule has 0 amide bonds. The number of hydrogen-bond acceptors (Lipinski definition) is 1. The van der Waals surface area contributed by atoms with Gasteiger partial charge in [0.1, 0.15) is 11.9 Å². The van der Waals surface area contributed by atoms with E-state index < -0.39 is 6.10 Å². The van der Waals surface area contributed by atoms with Crippen molar-refractivity contribution in [2.24, 2.45) is 0 Å². The van der Waals surface area contributed by atoms with Gasteiger partial charge in [-0.25, -0.2) is 4.39 Å². The predicted octanol–water partition coefficient (Wildman–Crippen LogP) is 3.83. The van der Waals surface area contributed by atoms with Gasteiger partial charge in [0.2, 0.25) is 0 Å². The maximum absolute atomic E-state index is 13.4. The smallest absolute Gasteiger partial charge is 0.123 e. The van der Waals surface area contributed by atoms with Crippen LogP contribution in [0.25, 0.3) is 0 Å². The van der Waals surface area contributed by atoms with Crippen molar-refractivity contribution in [1.29, 1.82) is 0 Å². The first kappa shape index (κ1) is 12.8. The molecule has 0 aliphatic carbocycles. The number of aliphatic hydroxyl groups is 1. The largest absolute Gasteiger partial charge is 0.384 e. The third-order valence-corrected chi connectivity index (χ3v) is 3.32. The zero-order valence-corrected chi connectivity index (χ0v) is 10.9. The number of rotatable bonds is 2. The Bertz CT molecular complexity index is 555. The first-order chi connectivity index (χ1) is 8.49. The topological polar surface area (TPSA) is 20.2 Å². The van der Waals surface area contributed by atoms with Gasteiger partial charge in [0.05, 0.1) is 0 Å². The fourth-order valence-electron chi connectivity index (χ4n) is 2.17. The van der Waals surface area contributed by atoms with Crippen LogP contribution in [0, 0.1) is 26.6 Å². The van der Waals surface area contributed by atoms with Crippen LogP contribution >= 0.6 is 0 Å². The SMILES string of the molecule is Cc1cc(F)cc(C(O)c2cccc(C)c2C)c1. The van der Waals surface area contributed by atoms with Crippen LogP contribution in [0.5, 0.6) is 0 Å². The van der Waals surface area contributed by atoms with Gasteiger partial charge in [0, 0.05) is 0 Å². The first-order valence-corrected chi connectivity index (χ1v) is 6.00. The summed E-state index contributed by atoms with van der Waals surface area (Å²) < 4.78 is 13.4. The van der Waals surface area contributed by atoms with E-state index in [1.54, 1.807) is 0 Å². The first-order valence-electron chi connectivity index (χ1n) is 6.00. The summed E-state index contributed by atoms with van der Waals surface area (Å²) in [6.07, 6.45) is -0.778. The molecule has 2 aromatic carbocycles. The highest BCUT2D eigenvalue weighted by Crippen LogP contribution is 2.27. The molecule has 2 heteroatoms. The van der Waals surface area contributed by atoms with Crippen molar-refractivity contribution in [3.05, 3.63) is 70.0 Å². The molecule has 0 bridgehead atoms. The van der Waals surface area contributed by atoms with Gasteiger partial charge in [-0.2, -0.15) is 0 Å². The molecule has 1 unspecified atom stereocenters. The zero-order valence-electron chi connectivity index (χ0n) is 10.9. The fourth-order valence-corrected chi connectivity index (χ4v) is 2.17. The number of benzene rings is 2. The molecule has 2 aromatic rings. The average molecular weight is 244 g/mol. The summed E-state index contributed by atoms with van der Waals surface area (Å²) in [6.45, 7) is 5.80. The lowest BCUT2D eigenvalue weighted by Gasteiger charge is -2.16. The van der Waals surface area contributed by atoms with Crippen molar-refractivity contribution in [2.45, 2.75) is 26.9 Å². The summed E-state index contributed by atoms with van der Waals surface area (Å²) >= 11 is 0. The van der Waals surface area contributed by atoms with Gasteiger partial charge in [-0.3, -0.25) is 0 Å². The van der Waals surface area contributed by atoms with Crippen molar-refractivity contribution in [1.82, 2.24) is 0 Å². The monoisotopic (exact) mass is 244 g/mol. The second kappa shape index (κ2) is 4.91. The molecule has 1 N–H and O–H groups in total. The molecule has 0 aliphatic heterocycles. The normalized spacial score (nSPS) is 12.5. The van der Waals surface area contributed by atoms with E-state index >= 15 is 0 Å². The van der Waals surface area contributed by atoms with Crippen LogP contribution in [-0.4, -0.2) is 5.11 Å². The minimum absolute atomic E-state index is 0.311. The van der Waals surface area contributed by atoms with E-state index in [1.807, 2.05) is 45.0 Å². The zero-order chi connectivity index (χ0) is 13.3. The Morgan fingerprint density at radius 2 is 1.78 bits per heavy atom. The van der Waals surface area contributed by atoms with E-state index in [1.165, 1.54) is 12.1 Å². The second-order valence-electron chi connectivity index (χ2n) is 4.75. The Labute approximate surface area is 107 Å². The third kappa shape index (κ3) is 2.44. The van der Waals surface area contributed by atoms with Crippen LogP contribution in [0.1, 0.15) is 33.9 Å². The summed E-state index contributed by atoms with van der Waals surface area (Å²) in [7, 11) is 0. The molecule has 0 heterocycles. The molecule has 94 valence electrons. The summed E-state index contributed by atoms with van der Waals surface area (Å²) in [5.41, 5.74) is 4.42. The van der Waals surface area contributed by atoms with Crippen molar-refractivity contribution in [3.63, 3.8) is 0 Å². The summed E-state index contributed by atoms with van der Waals surface area (Å²) in [5, 5.41) is 10.4. The Morgan fingerprint density at radius 1 is 1.06 bits per heavy atom. The minimum atomic E-state index is -0.778. The lowest BCUT2D eigenvalue weighted by molar-refractivity contribution is 0.219. The van der Waals surface area contributed by atoms with Crippen molar-refractivity contribution < 1.29 is 9.50 Å². The van der Waals surface area contributed by atoms with Gasteiger partial charge in [-0.1, -0.05) is 24.3 Å². The van der Waals surface area contributed by atoms with Gasteiger partial charge in [0.15, 0.2) is 0 Å². The molecule has 1 nitrogen and oxygen atoms in total. The lowest BCUT2D eigenvalue weighted by Crippen LogP contribution is -2.04. The number of aryl methyl sites for hydroxylation is 2. The van der Waals surface area contributed by atoms with Crippen LogP contribution in [0.15, 0.2) is 36.4 Å². The van der Waals surface area contributed by atoms with Gasteiger partial charge >= 0.3 is 0 Å². The van der Waals surface area contributed by atoms with Gasteiger partial charge in [-0.15, -0.1) is 0 Å². The minimum Gasteiger partial charge on any atom is -0.384 e. The third-order valence-electron chi connectivity index (χ3n) is 3.32. The lowest BCUT2D eigenvalue weighted by atomic mass is 9.94. The highest BCUT2D eigenvalue weighted by molar-refractivity contribution is 5.40. The Balaban J connectivity index is 2.47. The highest BCUT2D eigenvalue weighted by atomic mass is 19.1. The van der Waals surface area contributed by atoms with E-state index in [2.05, 4.69) is 0 Å². The van der Waals surface area contributed by atoms with Gasteiger partial charge in [0.25, 0.3) is 0 Å².